The Morgan fingerprint density at radius 3 is 2.22 bits per heavy atom. The first-order valence-electron chi connectivity index (χ1n) is 7.49. The second-order valence-electron chi connectivity index (χ2n) is 6.91. The van der Waals surface area contributed by atoms with Gasteiger partial charge in [0.1, 0.15) is 6.61 Å². The van der Waals surface area contributed by atoms with Gasteiger partial charge in [0.2, 0.25) is 0 Å². The fourth-order valence-corrected chi connectivity index (χ4v) is 2.57. The highest BCUT2D eigenvalue weighted by molar-refractivity contribution is 5.84. The van der Waals surface area contributed by atoms with Gasteiger partial charge in [0.25, 0.3) is 0 Å². The molecule has 2 nitrogen and oxygen atoms in total. The zero-order valence-electron chi connectivity index (χ0n) is 12.8. The minimum Gasteiger partial charge on any atom is -0.370 e. The average molecular weight is 254 g/mol. The van der Waals surface area contributed by atoms with Gasteiger partial charge in [-0.15, -0.1) is 0 Å². The number of carbonyl (C=O) groups is 1. The van der Waals surface area contributed by atoms with E-state index in [-0.39, 0.29) is 11.2 Å². The van der Waals surface area contributed by atoms with E-state index in [9.17, 15) is 4.79 Å². The maximum Gasteiger partial charge on any atom is 0.163 e. The first kappa shape index (κ1) is 15.7. The molecule has 0 amide bonds. The molecule has 0 radical (unpaired) electrons. The molecule has 18 heavy (non-hydrogen) atoms. The van der Waals surface area contributed by atoms with Gasteiger partial charge in [0, 0.05) is 5.41 Å². The van der Waals surface area contributed by atoms with Gasteiger partial charge >= 0.3 is 0 Å². The summed E-state index contributed by atoms with van der Waals surface area (Å²) in [6.07, 6.45) is 6.39. The molecule has 0 spiro atoms. The lowest BCUT2D eigenvalue weighted by Crippen LogP contribution is -2.30. The average Bonchev–Trinajstić information content (AvgIpc) is 2.34. The van der Waals surface area contributed by atoms with Crippen molar-refractivity contribution in [2.45, 2.75) is 72.8 Å². The Bertz CT molecular complexity index is 257. The van der Waals surface area contributed by atoms with Gasteiger partial charge in [-0.25, -0.2) is 0 Å². The van der Waals surface area contributed by atoms with Gasteiger partial charge in [-0.05, 0) is 37.5 Å². The maximum atomic E-state index is 11.8. The zero-order chi connectivity index (χ0) is 13.8. The first-order chi connectivity index (χ1) is 8.34. The van der Waals surface area contributed by atoms with Crippen molar-refractivity contribution < 1.29 is 9.53 Å². The molecular formula is C16H30O2. The van der Waals surface area contributed by atoms with Crippen LogP contribution in [0.5, 0.6) is 0 Å². The second-order valence-corrected chi connectivity index (χ2v) is 6.91. The van der Waals surface area contributed by atoms with Gasteiger partial charge in [-0.1, -0.05) is 41.0 Å². The Morgan fingerprint density at radius 1 is 1.22 bits per heavy atom. The molecule has 1 fully saturated rings. The molecular weight excluding hydrogens is 224 g/mol. The Labute approximate surface area is 112 Å². The van der Waals surface area contributed by atoms with E-state index in [1.54, 1.807) is 0 Å². The van der Waals surface area contributed by atoms with Crippen molar-refractivity contribution in [3.05, 3.63) is 0 Å². The van der Waals surface area contributed by atoms with Crippen molar-refractivity contribution >= 4 is 5.78 Å². The van der Waals surface area contributed by atoms with E-state index in [0.717, 1.165) is 24.7 Å². The summed E-state index contributed by atoms with van der Waals surface area (Å²) in [5.74, 6) is 1.92. The lowest BCUT2D eigenvalue weighted by molar-refractivity contribution is -0.134. The minimum atomic E-state index is -0.270. The van der Waals surface area contributed by atoms with Crippen molar-refractivity contribution in [1.29, 1.82) is 0 Å². The fourth-order valence-electron chi connectivity index (χ4n) is 2.57. The summed E-state index contributed by atoms with van der Waals surface area (Å²) in [7, 11) is 0. The Balaban J connectivity index is 2.26. The molecule has 0 bridgehead atoms. The normalized spacial score (nSPS) is 26.9. The Kier molecular flexibility index (Phi) is 5.84. The molecule has 0 N–H and O–H groups in total. The van der Waals surface area contributed by atoms with E-state index >= 15 is 0 Å². The SMILES string of the molecule is CCC(C)C1CCC(OCC(=O)C(C)(C)C)CC1. The fraction of sp³-hybridized carbons (Fsp3) is 0.938. The minimum absolute atomic E-state index is 0.214. The van der Waals surface area contributed by atoms with E-state index < -0.39 is 0 Å². The standard InChI is InChI=1S/C16H30O2/c1-6-12(2)13-7-9-14(10-8-13)18-11-15(17)16(3,4)5/h12-14H,6-11H2,1-5H3. The van der Waals surface area contributed by atoms with Gasteiger partial charge in [0.15, 0.2) is 5.78 Å². The van der Waals surface area contributed by atoms with Crippen molar-refractivity contribution in [2.24, 2.45) is 17.3 Å². The molecule has 0 aromatic rings. The predicted molar refractivity (Wildman–Crippen MR) is 75.6 cm³/mol. The van der Waals surface area contributed by atoms with Crippen molar-refractivity contribution in [3.8, 4) is 0 Å². The quantitative estimate of drug-likeness (QED) is 0.734. The van der Waals surface area contributed by atoms with Crippen LogP contribution in [0, 0.1) is 17.3 Å². The monoisotopic (exact) mass is 254 g/mol. The van der Waals surface area contributed by atoms with Crippen molar-refractivity contribution in [2.75, 3.05) is 6.61 Å². The summed E-state index contributed by atoms with van der Waals surface area (Å²) in [4.78, 5) is 11.8. The molecule has 0 aromatic heterocycles. The van der Waals surface area contributed by atoms with Crippen LogP contribution in [0.15, 0.2) is 0 Å². The van der Waals surface area contributed by atoms with E-state index in [1.807, 2.05) is 20.8 Å². The Hall–Kier alpha value is -0.370. The number of rotatable bonds is 5. The highest BCUT2D eigenvalue weighted by Gasteiger charge is 2.27. The summed E-state index contributed by atoms with van der Waals surface area (Å²) in [5.41, 5.74) is -0.270. The summed E-state index contributed by atoms with van der Waals surface area (Å²) in [5, 5.41) is 0. The van der Waals surface area contributed by atoms with Gasteiger partial charge in [0.05, 0.1) is 6.10 Å². The van der Waals surface area contributed by atoms with Crippen LogP contribution < -0.4 is 0 Å². The van der Waals surface area contributed by atoms with Crippen LogP contribution >= 0.6 is 0 Å². The molecule has 1 saturated carbocycles. The van der Waals surface area contributed by atoms with Crippen molar-refractivity contribution in [3.63, 3.8) is 0 Å². The molecule has 1 rings (SSSR count). The van der Waals surface area contributed by atoms with E-state index in [0.29, 0.717) is 12.7 Å². The molecule has 0 saturated heterocycles. The number of ether oxygens (including phenoxy) is 1. The second kappa shape index (κ2) is 6.70. The van der Waals surface area contributed by atoms with Crippen LogP contribution in [0.4, 0.5) is 0 Å². The third-order valence-corrected chi connectivity index (χ3v) is 4.45. The van der Waals surface area contributed by atoms with Crippen LogP contribution in [0.3, 0.4) is 0 Å². The van der Waals surface area contributed by atoms with Gasteiger partial charge < -0.3 is 4.74 Å². The molecule has 1 aliphatic rings. The van der Waals surface area contributed by atoms with E-state index in [4.69, 9.17) is 4.74 Å². The van der Waals surface area contributed by atoms with Gasteiger partial charge in [-0.3, -0.25) is 4.79 Å². The van der Waals surface area contributed by atoms with E-state index in [2.05, 4.69) is 13.8 Å². The molecule has 0 aromatic carbocycles. The number of hydrogen-bond donors (Lipinski definition) is 0. The molecule has 1 unspecified atom stereocenters. The summed E-state index contributed by atoms with van der Waals surface area (Å²) < 4.78 is 5.78. The first-order valence-corrected chi connectivity index (χ1v) is 7.49. The molecule has 1 atom stereocenters. The molecule has 0 heterocycles. The smallest absolute Gasteiger partial charge is 0.163 e. The number of hydrogen-bond acceptors (Lipinski definition) is 2. The lowest BCUT2D eigenvalue weighted by Gasteiger charge is -2.32. The Morgan fingerprint density at radius 2 is 1.78 bits per heavy atom. The summed E-state index contributed by atoms with van der Waals surface area (Å²) >= 11 is 0. The number of Topliss-reactive ketones (excluding diaryl/α,β-unsaturated/α-hetero) is 1. The number of ketones is 1. The number of carbonyl (C=O) groups excluding carboxylic acids is 1. The topological polar surface area (TPSA) is 26.3 Å². The molecule has 1 aliphatic carbocycles. The summed E-state index contributed by atoms with van der Waals surface area (Å²) in [6.45, 7) is 10.8. The molecule has 106 valence electrons. The van der Waals surface area contributed by atoms with Gasteiger partial charge in [-0.2, -0.15) is 0 Å². The van der Waals surface area contributed by atoms with Crippen molar-refractivity contribution in [1.82, 2.24) is 0 Å². The van der Waals surface area contributed by atoms with Crippen LogP contribution in [-0.2, 0) is 9.53 Å². The molecule has 0 aliphatic heterocycles. The highest BCUT2D eigenvalue weighted by atomic mass is 16.5. The molecule has 2 heteroatoms. The predicted octanol–water partition coefficient (Wildman–Crippen LogP) is 4.22. The summed E-state index contributed by atoms with van der Waals surface area (Å²) in [6, 6.07) is 0. The van der Waals surface area contributed by atoms with Crippen LogP contribution in [0.2, 0.25) is 0 Å². The zero-order valence-corrected chi connectivity index (χ0v) is 12.8. The van der Waals surface area contributed by atoms with Crippen LogP contribution in [-0.4, -0.2) is 18.5 Å². The largest absolute Gasteiger partial charge is 0.370 e. The lowest BCUT2D eigenvalue weighted by atomic mass is 9.79. The third kappa shape index (κ3) is 4.72. The maximum absolute atomic E-state index is 11.8. The van der Waals surface area contributed by atoms with Crippen LogP contribution in [0.25, 0.3) is 0 Å². The van der Waals surface area contributed by atoms with Crippen LogP contribution in [0.1, 0.15) is 66.7 Å². The van der Waals surface area contributed by atoms with E-state index in [1.165, 1.54) is 19.3 Å². The highest BCUT2D eigenvalue weighted by Crippen LogP contribution is 2.32. The third-order valence-electron chi connectivity index (χ3n) is 4.45.